The van der Waals surface area contributed by atoms with Gasteiger partial charge in [-0.2, -0.15) is 0 Å². The number of sulfone groups is 1. The predicted octanol–water partition coefficient (Wildman–Crippen LogP) is -0.465. The van der Waals surface area contributed by atoms with Crippen molar-refractivity contribution in [3.8, 4) is 0 Å². The van der Waals surface area contributed by atoms with Gasteiger partial charge in [0, 0.05) is 6.26 Å². The standard InChI is InChI=1S/C4H8O3S/c1-3-4(5)8(2,6)7/h3-5H,1H2,2H3. The maximum Gasteiger partial charge on any atom is 0.177 e. The molecular weight excluding hydrogens is 128 g/mol. The highest BCUT2D eigenvalue weighted by molar-refractivity contribution is 7.91. The Morgan fingerprint density at radius 3 is 2.12 bits per heavy atom. The molecule has 1 unspecified atom stereocenters. The zero-order valence-corrected chi connectivity index (χ0v) is 5.35. The van der Waals surface area contributed by atoms with E-state index in [0.29, 0.717) is 0 Å². The van der Waals surface area contributed by atoms with E-state index in [1.165, 1.54) is 0 Å². The van der Waals surface area contributed by atoms with E-state index in [1.54, 1.807) is 0 Å². The first-order valence-corrected chi connectivity index (χ1v) is 3.93. The number of hydrogen-bond donors (Lipinski definition) is 1. The van der Waals surface area contributed by atoms with Crippen LogP contribution in [0.3, 0.4) is 0 Å². The largest absolute Gasteiger partial charge is 0.374 e. The highest BCUT2D eigenvalue weighted by Crippen LogP contribution is 1.92. The first-order chi connectivity index (χ1) is 3.48. The molecule has 1 N–H and O–H groups in total. The van der Waals surface area contributed by atoms with Gasteiger partial charge in [-0.25, -0.2) is 8.42 Å². The first kappa shape index (κ1) is 7.65. The zero-order chi connectivity index (χ0) is 6.78. The van der Waals surface area contributed by atoms with Crippen LogP contribution in [-0.4, -0.2) is 25.2 Å². The van der Waals surface area contributed by atoms with Crippen molar-refractivity contribution >= 4 is 9.84 Å². The van der Waals surface area contributed by atoms with E-state index >= 15 is 0 Å². The number of aliphatic hydroxyl groups is 1. The summed E-state index contributed by atoms with van der Waals surface area (Å²) in [7, 11) is -3.32. The van der Waals surface area contributed by atoms with Crippen LogP contribution in [-0.2, 0) is 9.84 Å². The van der Waals surface area contributed by atoms with Crippen LogP contribution in [0, 0.1) is 0 Å². The Kier molecular flexibility index (Phi) is 2.18. The third-order valence-electron chi connectivity index (χ3n) is 0.640. The zero-order valence-electron chi connectivity index (χ0n) is 4.53. The Labute approximate surface area is 48.6 Å². The highest BCUT2D eigenvalue weighted by Gasteiger charge is 2.10. The maximum atomic E-state index is 10.2. The summed E-state index contributed by atoms with van der Waals surface area (Å²) in [5.41, 5.74) is -1.41. The van der Waals surface area contributed by atoms with Gasteiger partial charge < -0.3 is 5.11 Å². The summed E-state index contributed by atoms with van der Waals surface area (Å²) >= 11 is 0. The number of rotatable bonds is 2. The van der Waals surface area contributed by atoms with Crippen molar-refractivity contribution in [2.75, 3.05) is 6.26 Å². The molecule has 0 rings (SSSR count). The molecule has 0 bridgehead atoms. The van der Waals surface area contributed by atoms with Crippen molar-refractivity contribution < 1.29 is 13.5 Å². The summed E-state index contributed by atoms with van der Waals surface area (Å²) < 4.78 is 20.5. The lowest BCUT2D eigenvalue weighted by molar-refractivity contribution is 0.295. The average Bonchev–Trinajstić information content (AvgIpc) is 1.62. The first-order valence-electron chi connectivity index (χ1n) is 1.98. The van der Waals surface area contributed by atoms with Crippen LogP contribution in [0.5, 0.6) is 0 Å². The van der Waals surface area contributed by atoms with E-state index in [0.717, 1.165) is 12.3 Å². The van der Waals surface area contributed by atoms with Gasteiger partial charge in [0.25, 0.3) is 0 Å². The molecule has 0 spiro atoms. The Morgan fingerprint density at radius 1 is 1.75 bits per heavy atom. The molecule has 48 valence electrons. The fraction of sp³-hybridized carbons (Fsp3) is 0.500. The van der Waals surface area contributed by atoms with Gasteiger partial charge >= 0.3 is 0 Å². The smallest absolute Gasteiger partial charge is 0.177 e. The van der Waals surface area contributed by atoms with Crippen molar-refractivity contribution in [2.24, 2.45) is 0 Å². The van der Waals surface area contributed by atoms with Gasteiger partial charge in [-0.1, -0.05) is 6.58 Å². The molecule has 0 aliphatic carbocycles. The Morgan fingerprint density at radius 2 is 2.12 bits per heavy atom. The van der Waals surface area contributed by atoms with Crippen LogP contribution in [0.15, 0.2) is 12.7 Å². The fourth-order valence-electron chi connectivity index (χ4n) is 0.175. The van der Waals surface area contributed by atoms with Gasteiger partial charge in [0.1, 0.15) is 0 Å². The molecule has 0 heterocycles. The van der Waals surface area contributed by atoms with Crippen LogP contribution >= 0.6 is 0 Å². The van der Waals surface area contributed by atoms with E-state index in [2.05, 4.69) is 6.58 Å². The maximum absolute atomic E-state index is 10.2. The van der Waals surface area contributed by atoms with Gasteiger partial charge in [0.2, 0.25) is 0 Å². The molecule has 0 aliphatic rings. The van der Waals surface area contributed by atoms with Crippen LogP contribution in [0.1, 0.15) is 0 Å². The van der Waals surface area contributed by atoms with Crippen molar-refractivity contribution in [1.82, 2.24) is 0 Å². The molecule has 0 aromatic carbocycles. The van der Waals surface area contributed by atoms with Gasteiger partial charge in [-0.3, -0.25) is 0 Å². The van der Waals surface area contributed by atoms with E-state index in [1.807, 2.05) is 0 Å². The van der Waals surface area contributed by atoms with E-state index < -0.39 is 15.3 Å². The third-order valence-corrected chi connectivity index (χ3v) is 1.71. The van der Waals surface area contributed by atoms with Gasteiger partial charge in [0.05, 0.1) is 0 Å². The summed E-state index contributed by atoms with van der Waals surface area (Å²) in [5, 5.41) is 8.49. The van der Waals surface area contributed by atoms with Crippen LogP contribution < -0.4 is 0 Å². The Balaban J connectivity index is 4.26. The minimum absolute atomic E-state index is 0.944. The minimum atomic E-state index is -3.32. The summed E-state index contributed by atoms with van der Waals surface area (Å²) in [6.45, 7) is 3.10. The van der Waals surface area contributed by atoms with Gasteiger partial charge in [-0.15, -0.1) is 0 Å². The van der Waals surface area contributed by atoms with Gasteiger partial charge in [-0.05, 0) is 6.08 Å². The minimum Gasteiger partial charge on any atom is -0.374 e. The molecule has 3 nitrogen and oxygen atoms in total. The Hall–Kier alpha value is -0.350. The summed E-state index contributed by atoms with van der Waals surface area (Å²) in [4.78, 5) is 0. The van der Waals surface area contributed by atoms with Crippen molar-refractivity contribution in [1.29, 1.82) is 0 Å². The van der Waals surface area contributed by atoms with Crippen molar-refractivity contribution in [3.63, 3.8) is 0 Å². The lowest BCUT2D eigenvalue weighted by Crippen LogP contribution is -2.15. The SMILES string of the molecule is C=CC(O)S(C)(=O)=O. The molecule has 0 radical (unpaired) electrons. The number of hydrogen-bond acceptors (Lipinski definition) is 3. The summed E-state index contributed by atoms with van der Waals surface area (Å²) in [6.07, 6.45) is 1.91. The molecular formula is C4H8O3S. The number of aliphatic hydroxyl groups excluding tert-OH is 1. The van der Waals surface area contributed by atoms with E-state index in [-0.39, 0.29) is 0 Å². The fourth-order valence-corrected chi connectivity index (χ4v) is 0.524. The van der Waals surface area contributed by atoms with Crippen LogP contribution in [0.4, 0.5) is 0 Å². The van der Waals surface area contributed by atoms with Crippen LogP contribution in [0.2, 0.25) is 0 Å². The molecule has 0 aromatic heterocycles. The topological polar surface area (TPSA) is 54.4 Å². The second-order valence-corrected chi connectivity index (χ2v) is 3.60. The highest BCUT2D eigenvalue weighted by atomic mass is 32.2. The van der Waals surface area contributed by atoms with Crippen LogP contribution in [0.25, 0.3) is 0 Å². The summed E-state index contributed by atoms with van der Waals surface area (Å²) in [6, 6.07) is 0. The summed E-state index contributed by atoms with van der Waals surface area (Å²) in [5.74, 6) is 0. The lowest BCUT2D eigenvalue weighted by Gasteiger charge is -1.97. The Bertz CT molecular complexity index is 168. The monoisotopic (exact) mass is 136 g/mol. The molecule has 0 saturated carbocycles. The van der Waals surface area contributed by atoms with Crippen molar-refractivity contribution in [2.45, 2.75) is 5.44 Å². The van der Waals surface area contributed by atoms with Crippen molar-refractivity contribution in [3.05, 3.63) is 12.7 Å². The van der Waals surface area contributed by atoms with E-state index in [9.17, 15) is 8.42 Å². The van der Waals surface area contributed by atoms with E-state index in [4.69, 9.17) is 5.11 Å². The quantitative estimate of drug-likeness (QED) is 0.522. The molecule has 1 atom stereocenters. The molecule has 8 heavy (non-hydrogen) atoms. The molecule has 4 heteroatoms. The second-order valence-electron chi connectivity index (χ2n) is 1.46. The molecule has 0 aliphatic heterocycles. The molecule has 0 aromatic rings. The lowest BCUT2D eigenvalue weighted by atomic mass is 10.7. The normalized spacial score (nSPS) is 15.2. The average molecular weight is 136 g/mol. The molecule has 0 saturated heterocycles. The third kappa shape index (κ3) is 2.09. The second kappa shape index (κ2) is 2.28. The predicted molar refractivity (Wildman–Crippen MR) is 31.0 cm³/mol. The molecule has 0 fully saturated rings. The molecule has 0 amide bonds. The van der Waals surface area contributed by atoms with Gasteiger partial charge in [0.15, 0.2) is 15.3 Å².